The average molecular weight is 427 g/mol. The maximum atomic E-state index is 12.4. The van der Waals surface area contributed by atoms with Gasteiger partial charge in [0.1, 0.15) is 0 Å². The predicted molar refractivity (Wildman–Crippen MR) is 109 cm³/mol. The standard InChI is InChI=1S/C19H20Cl2N2O3S/c20-16-7-6-14(18(21)13-16)8-9-22-19(24)15-4-3-5-17(12-15)23-10-1-2-11-27(23,25)26/h3-7,12-13H,1-2,8-11H2,(H,22,24). The van der Waals surface area contributed by atoms with Crippen molar-refractivity contribution in [2.75, 3.05) is 23.1 Å². The zero-order valence-corrected chi connectivity index (χ0v) is 16.9. The van der Waals surface area contributed by atoms with Crippen LogP contribution in [0.2, 0.25) is 10.0 Å². The molecule has 0 aromatic heterocycles. The fourth-order valence-corrected chi connectivity index (χ4v) is 5.15. The molecule has 0 saturated carbocycles. The Bertz CT molecular complexity index is 948. The van der Waals surface area contributed by atoms with Crippen molar-refractivity contribution >= 4 is 44.8 Å². The summed E-state index contributed by atoms with van der Waals surface area (Å²) in [6.45, 7) is 0.856. The van der Waals surface area contributed by atoms with E-state index in [1.807, 2.05) is 6.07 Å². The molecule has 2 aromatic rings. The van der Waals surface area contributed by atoms with Crippen molar-refractivity contribution in [1.29, 1.82) is 0 Å². The quantitative estimate of drug-likeness (QED) is 0.787. The molecule has 3 rings (SSSR count). The van der Waals surface area contributed by atoms with Crippen molar-refractivity contribution in [2.45, 2.75) is 19.3 Å². The summed E-state index contributed by atoms with van der Waals surface area (Å²) in [6.07, 6.45) is 2.06. The molecule has 1 amide bonds. The molecule has 0 bridgehead atoms. The van der Waals surface area contributed by atoms with Gasteiger partial charge in [-0.1, -0.05) is 35.3 Å². The summed E-state index contributed by atoms with van der Waals surface area (Å²) in [7, 11) is -3.30. The highest BCUT2D eigenvalue weighted by molar-refractivity contribution is 7.92. The molecule has 1 heterocycles. The van der Waals surface area contributed by atoms with Crippen LogP contribution >= 0.6 is 23.2 Å². The molecular weight excluding hydrogens is 407 g/mol. The van der Waals surface area contributed by atoms with Crippen molar-refractivity contribution in [1.82, 2.24) is 5.32 Å². The number of hydrogen-bond acceptors (Lipinski definition) is 3. The van der Waals surface area contributed by atoms with E-state index in [4.69, 9.17) is 23.2 Å². The molecule has 1 aliphatic rings. The lowest BCUT2D eigenvalue weighted by Gasteiger charge is -2.28. The molecule has 0 unspecified atom stereocenters. The van der Waals surface area contributed by atoms with Crippen LogP contribution in [0.15, 0.2) is 42.5 Å². The van der Waals surface area contributed by atoms with Crippen LogP contribution < -0.4 is 9.62 Å². The first-order valence-electron chi connectivity index (χ1n) is 8.69. The van der Waals surface area contributed by atoms with E-state index < -0.39 is 10.0 Å². The van der Waals surface area contributed by atoms with Crippen LogP contribution in [0.5, 0.6) is 0 Å². The molecule has 1 aliphatic heterocycles. The Morgan fingerprint density at radius 3 is 2.67 bits per heavy atom. The highest BCUT2D eigenvalue weighted by Gasteiger charge is 2.26. The third-order valence-electron chi connectivity index (χ3n) is 4.44. The number of halogens is 2. The Hall–Kier alpha value is -1.76. The zero-order chi connectivity index (χ0) is 19.4. The van der Waals surface area contributed by atoms with Crippen LogP contribution in [0.1, 0.15) is 28.8 Å². The largest absolute Gasteiger partial charge is 0.352 e. The van der Waals surface area contributed by atoms with Crippen LogP contribution in [0.3, 0.4) is 0 Å². The van der Waals surface area contributed by atoms with E-state index in [9.17, 15) is 13.2 Å². The second kappa shape index (κ2) is 8.50. The van der Waals surface area contributed by atoms with E-state index in [0.717, 1.165) is 12.0 Å². The summed E-state index contributed by atoms with van der Waals surface area (Å²) in [5.41, 5.74) is 1.85. The number of anilines is 1. The van der Waals surface area contributed by atoms with Gasteiger partial charge in [-0.3, -0.25) is 9.10 Å². The Labute approximate surface area is 169 Å². The van der Waals surface area contributed by atoms with Crippen molar-refractivity contribution in [3.63, 3.8) is 0 Å². The van der Waals surface area contributed by atoms with Crippen molar-refractivity contribution in [2.24, 2.45) is 0 Å². The first kappa shape index (κ1) is 20.0. The topological polar surface area (TPSA) is 66.5 Å². The molecule has 0 aliphatic carbocycles. The van der Waals surface area contributed by atoms with Gasteiger partial charge in [-0.15, -0.1) is 0 Å². The molecule has 0 spiro atoms. The van der Waals surface area contributed by atoms with Gasteiger partial charge in [0.2, 0.25) is 10.0 Å². The van der Waals surface area contributed by atoms with Crippen LogP contribution in [-0.2, 0) is 16.4 Å². The van der Waals surface area contributed by atoms with Gasteiger partial charge < -0.3 is 5.32 Å². The third-order valence-corrected chi connectivity index (χ3v) is 6.90. The lowest BCUT2D eigenvalue weighted by atomic mass is 10.1. The number of amides is 1. The smallest absolute Gasteiger partial charge is 0.251 e. The molecule has 1 saturated heterocycles. The fraction of sp³-hybridized carbons (Fsp3) is 0.316. The number of rotatable bonds is 5. The van der Waals surface area contributed by atoms with Gasteiger partial charge >= 0.3 is 0 Å². The SMILES string of the molecule is O=C(NCCc1ccc(Cl)cc1Cl)c1cccc(N2CCCCS2(=O)=O)c1. The van der Waals surface area contributed by atoms with Gasteiger partial charge in [0.25, 0.3) is 5.91 Å². The minimum atomic E-state index is -3.30. The molecule has 0 radical (unpaired) electrons. The summed E-state index contributed by atoms with van der Waals surface area (Å²) in [4.78, 5) is 12.4. The summed E-state index contributed by atoms with van der Waals surface area (Å²) in [5, 5.41) is 3.97. The summed E-state index contributed by atoms with van der Waals surface area (Å²) in [6, 6.07) is 12.0. The molecule has 144 valence electrons. The highest BCUT2D eigenvalue weighted by atomic mass is 35.5. The van der Waals surface area contributed by atoms with Crippen molar-refractivity contribution < 1.29 is 13.2 Å². The molecule has 27 heavy (non-hydrogen) atoms. The third kappa shape index (κ3) is 4.94. The fourth-order valence-electron chi connectivity index (χ4n) is 3.02. The van der Waals surface area contributed by atoms with E-state index in [0.29, 0.717) is 47.2 Å². The lowest BCUT2D eigenvalue weighted by Crippen LogP contribution is -2.38. The summed E-state index contributed by atoms with van der Waals surface area (Å²) in [5.74, 6) is -0.109. The number of nitrogens with one attached hydrogen (secondary N) is 1. The first-order chi connectivity index (χ1) is 12.9. The molecule has 8 heteroatoms. The molecular formula is C19H20Cl2N2O3S. The van der Waals surface area contributed by atoms with Crippen molar-refractivity contribution in [3.8, 4) is 0 Å². The Kier molecular flexibility index (Phi) is 6.29. The predicted octanol–water partition coefficient (Wildman–Crippen LogP) is 3.90. The van der Waals surface area contributed by atoms with Gasteiger partial charge in [-0.2, -0.15) is 0 Å². The highest BCUT2D eigenvalue weighted by Crippen LogP contribution is 2.24. The maximum absolute atomic E-state index is 12.4. The molecule has 5 nitrogen and oxygen atoms in total. The Balaban J connectivity index is 1.65. The van der Waals surface area contributed by atoms with Gasteiger partial charge in [-0.25, -0.2) is 8.42 Å². The Morgan fingerprint density at radius 1 is 1.11 bits per heavy atom. The van der Waals surface area contributed by atoms with Gasteiger partial charge in [0.05, 0.1) is 11.4 Å². The summed E-state index contributed by atoms with van der Waals surface area (Å²) < 4.78 is 25.9. The van der Waals surface area contributed by atoms with E-state index in [-0.39, 0.29) is 11.7 Å². The van der Waals surface area contributed by atoms with Crippen LogP contribution in [-0.4, -0.2) is 33.2 Å². The second-order valence-corrected chi connectivity index (χ2v) is 9.24. The number of carbonyl (C=O) groups excluding carboxylic acids is 1. The second-order valence-electron chi connectivity index (χ2n) is 6.39. The molecule has 0 atom stereocenters. The monoisotopic (exact) mass is 426 g/mol. The van der Waals surface area contributed by atoms with E-state index in [1.54, 1.807) is 36.4 Å². The Morgan fingerprint density at radius 2 is 1.93 bits per heavy atom. The first-order valence-corrected chi connectivity index (χ1v) is 11.1. The van der Waals surface area contributed by atoms with E-state index in [1.165, 1.54) is 4.31 Å². The number of hydrogen-bond donors (Lipinski definition) is 1. The number of nitrogens with zero attached hydrogens (tertiary/aromatic N) is 1. The molecule has 1 N–H and O–H groups in total. The number of sulfonamides is 1. The van der Waals surface area contributed by atoms with Gasteiger partial charge in [0.15, 0.2) is 0 Å². The lowest BCUT2D eigenvalue weighted by molar-refractivity contribution is 0.0954. The van der Waals surface area contributed by atoms with E-state index in [2.05, 4.69) is 5.32 Å². The molecule has 2 aromatic carbocycles. The normalized spacial score (nSPS) is 16.1. The van der Waals surface area contributed by atoms with Crippen LogP contribution in [0.4, 0.5) is 5.69 Å². The number of carbonyl (C=O) groups is 1. The zero-order valence-electron chi connectivity index (χ0n) is 14.6. The number of benzene rings is 2. The van der Waals surface area contributed by atoms with E-state index >= 15 is 0 Å². The minimum absolute atomic E-state index is 0.144. The van der Waals surface area contributed by atoms with Crippen molar-refractivity contribution in [3.05, 3.63) is 63.6 Å². The average Bonchev–Trinajstić information content (AvgIpc) is 2.63. The van der Waals surface area contributed by atoms with Gasteiger partial charge in [-0.05, 0) is 55.2 Å². The summed E-state index contributed by atoms with van der Waals surface area (Å²) >= 11 is 12.0. The van der Waals surface area contributed by atoms with Gasteiger partial charge in [0, 0.05) is 28.7 Å². The molecule has 1 fully saturated rings. The van der Waals surface area contributed by atoms with Crippen LogP contribution in [0, 0.1) is 0 Å². The maximum Gasteiger partial charge on any atom is 0.251 e. The van der Waals surface area contributed by atoms with Crippen LogP contribution in [0.25, 0.3) is 0 Å². The minimum Gasteiger partial charge on any atom is -0.352 e.